The Hall–Kier alpha value is -2.72. The van der Waals surface area contributed by atoms with Crippen molar-refractivity contribution in [1.82, 2.24) is 24.2 Å². The number of H-pyrrole nitrogens is 1. The predicted molar refractivity (Wildman–Crippen MR) is 144 cm³/mol. The molecule has 198 valence electrons. The quantitative estimate of drug-likeness (QED) is 0.416. The number of hydrogen-bond acceptors (Lipinski definition) is 7. The Labute approximate surface area is 216 Å². The van der Waals surface area contributed by atoms with E-state index in [1.54, 1.807) is 28.8 Å². The van der Waals surface area contributed by atoms with Crippen LogP contribution in [0.4, 0.5) is 11.6 Å². The van der Waals surface area contributed by atoms with E-state index in [9.17, 15) is 8.42 Å². The fraction of sp³-hybridized carbons (Fsp3) is 0.577. The summed E-state index contributed by atoms with van der Waals surface area (Å²) in [7, 11) is -3.53. The van der Waals surface area contributed by atoms with Crippen LogP contribution in [0.2, 0.25) is 0 Å². The lowest BCUT2D eigenvalue weighted by Gasteiger charge is -2.33. The van der Waals surface area contributed by atoms with Gasteiger partial charge < -0.3 is 15.0 Å². The first kappa shape index (κ1) is 25.0. The van der Waals surface area contributed by atoms with Crippen molar-refractivity contribution in [3.05, 3.63) is 30.1 Å². The van der Waals surface area contributed by atoms with Crippen LogP contribution in [-0.2, 0) is 10.0 Å². The zero-order valence-electron chi connectivity index (χ0n) is 21.3. The number of nitrogens with one attached hydrogen (secondary N) is 2. The van der Waals surface area contributed by atoms with Crippen LogP contribution in [0.1, 0.15) is 67.2 Å². The third-order valence-corrected chi connectivity index (χ3v) is 9.50. The lowest BCUT2D eigenvalue weighted by molar-refractivity contribution is 0.150. The van der Waals surface area contributed by atoms with Gasteiger partial charge in [0.2, 0.25) is 21.9 Å². The van der Waals surface area contributed by atoms with Crippen LogP contribution < -0.4 is 10.1 Å². The van der Waals surface area contributed by atoms with Crippen LogP contribution in [0.5, 0.6) is 5.88 Å². The van der Waals surface area contributed by atoms with Crippen LogP contribution in [0.25, 0.3) is 11.2 Å². The Bertz CT molecular complexity index is 1320. The van der Waals surface area contributed by atoms with E-state index in [1.807, 2.05) is 6.92 Å². The third kappa shape index (κ3) is 5.20. The maximum absolute atomic E-state index is 13.3. The number of hydrogen-bond donors (Lipinski definition) is 2. The van der Waals surface area contributed by atoms with Crippen LogP contribution in [0, 0.1) is 18.8 Å². The van der Waals surface area contributed by atoms with Gasteiger partial charge >= 0.3 is 0 Å². The first-order chi connectivity index (χ1) is 17.3. The van der Waals surface area contributed by atoms with E-state index in [1.165, 1.54) is 6.42 Å². The fourth-order valence-electron chi connectivity index (χ4n) is 5.28. The molecule has 9 nitrogen and oxygen atoms in total. The number of rotatable bonds is 7. The van der Waals surface area contributed by atoms with E-state index in [2.05, 4.69) is 39.1 Å². The number of nitrogens with zero attached hydrogens (tertiary/aromatic N) is 4. The topological polar surface area (TPSA) is 113 Å². The van der Waals surface area contributed by atoms with Crippen molar-refractivity contribution in [1.29, 1.82) is 0 Å². The first-order valence-electron chi connectivity index (χ1n) is 13.1. The van der Waals surface area contributed by atoms with Gasteiger partial charge in [0.15, 0.2) is 5.65 Å². The molecule has 36 heavy (non-hydrogen) atoms. The SMILES string of the molecule is Cc1cc(S(=O)(=O)N2CCC(C(C)C)CC2)ccc1Nc1nc(OC2CCCCC2)c2[nH]cnc2n1.[HH].[HH]. The molecular formula is C26H40N6O3S. The molecule has 0 spiro atoms. The van der Waals surface area contributed by atoms with E-state index in [0.717, 1.165) is 49.8 Å². The van der Waals surface area contributed by atoms with E-state index in [0.29, 0.717) is 52.8 Å². The molecule has 0 radical (unpaired) electrons. The van der Waals surface area contributed by atoms with Crippen molar-refractivity contribution in [3.8, 4) is 5.88 Å². The van der Waals surface area contributed by atoms with Gasteiger partial charge in [-0.05, 0) is 81.0 Å². The minimum atomic E-state index is -3.53. The monoisotopic (exact) mass is 516 g/mol. The molecule has 0 amide bonds. The molecule has 1 aliphatic carbocycles. The second-order valence-corrected chi connectivity index (χ2v) is 12.4. The van der Waals surface area contributed by atoms with Crippen molar-refractivity contribution in [2.24, 2.45) is 11.8 Å². The van der Waals surface area contributed by atoms with E-state index >= 15 is 0 Å². The summed E-state index contributed by atoms with van der Waals surface area (Å²) in [5, 5.41) is 3.24. The van der Waals surface area contributed by atoms with Gasteiger partial charge in [-0.2, -0.15) is 14.3 Å². The van der Waals surface area contributed by atoms with Gasteiger partial charge in [-0.25, -0.2) is 13.4 Å². The summed E-state index contributed by atoms with van der Waals surface area (Å²) in [6.45, 7) is 7.46. The Morgan fingerprint density at radius 3 is 2.56 bits per heavy atom. The van der Waals surface area contributed by atoms with Gasteiger partial charge in [0.1, 0.15) is 11.6 Å². The highest BCUT2D eigenvalue weighted by Crippen LogP contribution is 2.31. The summed E-state index contributed by atoms with van der Waals surface area (Å²) in [5.74, 6) is 2.03. The Kier molecular flexibility index (Phi) is 7.16. The summed E-state index contributed by atoms with van der Waals surface area (Å²) in [5.41, 5.74) is 2.75. The molecule has 0 bridgehead atoms. The number of benzene rings is 1. The third-order valence-electron chi connectivity index (χ3n) is 7.61. The molecule has 2 N–H and O–H groups in total. The minimum absolute atomic E-state index is 0. The molecule has 2 fully saturated rings. The zero-order valence-corrected chi connectivity index (χ0v) is 22.1. The van der Waals surface area contributed by atoms with Crippen LogP contribution in [0.3, 0.4) is 0 Å². The normalized spacial score (nSPS) is 18.7. The fourth-order valence-corrected chi connectivity index (χ4v) is 6.83. The van der Waals surface area contributed by atoms with Gasteiger partial charge in [-0.3, -0.25) is 0 Å². The molecule has 1 aliphatic heterocycles. The maximum Gasteiger partial charge on any atom is 0.245 e. The molecule has 1 saturated carbocycles. The summed E-state index contributed by atoms with van der Waals surface area (Å²) in [6.07, 6.45) is 9.17. The predicted octanol–water partition coefficient (Wildman–Crippen LogP) is 5.67. The zero-order chi connectivity index (χ0) is 25.3. The second kappa shape index (κ2) is 10.3. The van der Waals surface area contributed by atoms with Crippen LogP contribution in [0.15, 0.2) is 29.4 Å². The highest BCUT2D eigenvalue weighted by molar-refractivity contribution is 7.89. The molecule has 2 aliphatic rings. The van der Waals surface area contributed by atoms with E-state index < -0.39 is 10.0 Å². The van der Waals surface area contributed by atoms with Crippen LogP contribution in [-0.4, -0.2) is 51.9 Å². The highest BCUT2D eigenvalue weighted by atomic mass is 32.2. The largest absolute Gasteiger partial charge is 0.473 e. The lowest BCUT2D eigenvalue weighted by atomic mass is 9.87. The van der Waals surface area contributed by atoms with Gasteiger partial charge in [-0.15, -0.1) is 0 Å². The molecule has 1 aromatic carbocycles. The number of aromatic nitrogens is 4. The molecule has 10 heteroatoms. The summed E-state index contributed by atoms with van der Waals surface area (Å²) in [4.78, 5) is 16.8. The smallest absolute Gasteiger partial charge is 0.245 e. The molecule has 1 saturated heterocycles. The summed E-state index contributed by atoms with van der Waals surface area (Å²) >= 11 is 0. The number of aryl methyl sites for hydroxylation is 1. The standard InChI is InChI=1S/C26H36N6O3S.2H2/c1-17(2)19-11-13-32(14-12-19)36(33,34)21-9-10-22(18(3)15-21)29-26-30-24-23(27-16-28-24)25(31-26)35-20-7-5-4-6-8-20;;/h9-10,15-17,19-20H,4-8,11-14H2,1-3H3,(H2,27,28,29,30,31);2*1H. The maximum atomic E-state index is 13.3. The van der Waals surface area contributed by atoms with Crippen LogP contribution >= 0.6 is 0 Å². The number of ether oxygens (including phenoxy) is 1. The Morgan fingerprint density at radius 1 is 1.11 bits per heavy atom. The van der Waals surface area contributed by atoms with Gasteiger partial charge in [0, 0.05) is 21.6 Å². The van der Waals surface area contributed by atoms with Crippen molar-refractivity contribution < 1.29 is 16.0 Å². The van der Waals surface area contributed by atoms with Gasteiger partial charge in [0.25, 0.3) is 0 Å². The van der Waals surface area contributed by atoms with E-state index in [4.69, 9.17) is 4.74 Å². The lowest BCUT2D eigenvalue weighted by Crippen LogP contribution is -2.39. The summed E-state index contributed by atoms with van der Waals surface area (Å²) in [6, 6.07) is 5.16. The van der Waals surface area contributed by atoms with Crippen molar-refractivity contribution >= 4 is 32.8 Å². The number of anilines is 2. The molecule has 3 aromatic rings. The number of imidazole rings is 1. The molecule has 0 unspecified atom stereocenters. The van der Waals surface area contributed by atoms with Crippen molar-refractivity contribution in [3.63, 3.8) is 0 Å². The molecular weight excluding hydrogens is 476 g/mol. The van der Waals surface area contributed by atoms with Crippen molar-refractivity contribution in [2.45, 2.75) is 76.7 Å². The number of fused-ring (bicyclic) bond motifs is 1. The molecule has 2 aromatic heterocycles. The minimum Gasteiger partial charge on any atom is -0.473 e. The first-order valence-corrected chi connectivity index (χ1v) is 14.5. The average molecular weight is 517 g/mol. The molecule has 0 atom stereocenters. The Morgan fingerprint density at radius 2 is 1.86 bits per heavy atom. The van der Waals surface area contributed by atoms with Gasteiger partial charge in [0.05, 0.1) is 11.2 Å². The van der Waals surface area contributed by atoms with Crippen molar-refractivity contribution in [2.75, 3.05) is 18.4 Å². The van der Waals surface area contributed by atoms with E-state index in [-0.39, 0.29) is 8.96 Å². The number of aromatic amines is 1. The number of sulfonamides is 1. The van der Waals surface area contributed by atoms with Gasteiger partial charge in [-0.1, -0.05) is 20.3 Å². The molecule has 5 rings (SSSR count). The molecule has 3 heterocycles. The second-order valence-electron chi connectivity index (χ2n) is 10.4. The Balaban J connectivity index is 0.00000200. The average Bonchev–Trinajstić information content (AvgIpc) is 3.35. The highest BCUT2D eigenvalue weighted by Gasteiger charge is 2.30. The summed E-state index contributed by atoms with van der Waals surface area (Å²) < 4.78 is 34.4. The number of piperidine rings is 1.